The number of rotatable bonds is 11. The number of halogens is 2. The van der Waals surface area contributed by atoms with Gasteiger partial charge < -0.3 is 10.2 Å². The van der Waals surface area contributed by atoms with E-state index in [2.05, 4.69) is 5.32 Å². The van der Waals surface area contributed by atoms with Gasteiger partial charge in [-0.3, -0.25) is 13.9 Å². The van der Waals surface area contributed by atoms with E-state index in [0.717, 1.165) is 77.6 Å². The van der Waals surface area contributed by atoms with E-state index in [4.69, 9.17) is 0 Å². The highest BCUT2D eigenvalue weighted by atomic mass is 32.2. The molecule has 0 bridgehead atoms. The molecule has 1 N–H and O–H groups in total. The van der Waals surface area contributed by atoms with Crippen LogP contribution in [0.2, 0.25) is 0 Å². The molecule has 10 heteroatoms. The number of benzene rings is 3. The van der Waals surface area contributed by atoms with E-state index in [-0.39, 0.29) is 30.6 Å². The van der Waals surface area contributed by atoms with Gasteiger partial charge in [0.1, 0.15) is 12.6 Å². The Morgan fingerprint density at radius 3 is 2.24 bits per heavy atom. The molecular formula is C32H37F2N3O4S. The zero-order chi connectivity index (χ0) is 30.3. The number of hydrogen-bond acceptors (Lipinski definition) is 4. The van der Waals surface area contributed by atoms with Gasteiger partial charge in [0.2, 0.25) is 21.8 Å². The number of amides is 2. The highest BCUT2D eigenvalue weighted by molar-refractivity contribution is 7.92. The Hall–Kier alpha value is -3.79. The highest BCUT2D eigenvalue weighted by Crippen LogP contribution is 2.23. The zero-order valence-corrected chi connectivity index (χ0v) is 24.7. The summed E-state index contributed by atoms with van der Waals surface area (Å²) in [6.45, 7) is 1.27. The van der Waals surface area contributed by atoms with Gasteiger partial charge in [-0.1, -0.05) is 79.4 Å². The van der Waals surface area contributed by atoms with Gasteiger partial charge in [0.25, 0.3) is 0 Å². The first kappa shape index (κ1) is 31.2. The summed E-state index contributed by atoms with van der Waals surface area (Å²) in [5.74, 6) is -3.34. The number of nitrogens with one attached hydrogen (secondary N) is 1. The minimum atomic E-state index is -4.09. The zero-order valence-electron chi connectivity index (χ0n) is 23.9. The van der Waals surface area contributed by atoms with Gasteiger partial charge in [0.15, 0.2) is 11.6 Å². The van der Waals surface area contributed by atoms with Gasteiger partial charge in [0, 0.05) is 25.1 Å². The van der Waals surface area contributed by atoms with E-state index in [0.29, 0.717) is 0 Å². The van der Waals surface area contributed by atoms with Gasteiger partial charge in [-0.05, 0) is 43.0 Å². The standard InChI is InChI=1S/C32H37F2N3O4S/c1-23-10-9-13-25(18-23)21-36(31(38)22-37(42(2,40)41)27-16-17-28(33)29(34)20-27)30(19-24-11-5-3-6-12-24)32(39)35-26-14-7-4-8-15-26/h3,5-6,9-13,16-18,20,26,30H,4,7-8,14-15,19,21-22H2,1-2H3,(H,35,39)/t30-/m0/s1. The molecule has 1 aliphatic carbocycles. The summed E-state index contributed by atoms with van der Waals surface area (Å²) in [6, 6.07) is 18.5. The van der Waals surface area contributed by atoms with E-state index < -0.39 is 40.2 Å². The van der Waals surface area contributed by atoms with Gasteiger partial charge >= 0.3 is 0 Å². The van der Waals surface area contributed by atoms with Crippen molar-refractivity contribution in [2.75, 3.05) is 17.1 Å². The molecule has 1 aliphatic rings. The van der Waals surface area contributed by atoms with Crippen LogP contribution in [0.5, 0.6) is 0 Å². The third kappa shape index (κ3) is 8.38. The summed E-state index contributed by atoms with van der Waals surface area (Å²) < 4.78 is 54.1. The molecule has 0 spiro atoms. The largest absolute Gasteiger partial charge is 0.352 e. The molecule has 3 aromatic carbocycles. The van der Waals surface area contributed by atoms with Gasteiger partial charge in [0.05, 0.1) is 11.9 Å². The lowest BCUT2D eigenvalue weighted by molar-refractivity contribution is -0.140. The van der Waals surface area contributed by atoms with Crippen molar-refractivity contribution in [1.82, 2.24) is 10.2 Å². The Labute approximate surface area is 246 Å². The minimum Gasteiger partial charge on any atom is -0.352 e. The number of carbonyl (C=O) groups excluding carboxylic acids is 2. The predicted molar refractivity (Wildman–Crippen MR) is 159 cm³/mol. The van der Waals surface area contributed by atoms with Crippen LogP contribution in [-0.2, 0) is 32.6 Å². The van der Waals surface area contributed by atoms with Gasteiger partial charge in [-0.15, -0.1) is 0 Å². The summed E-state index contributed by atoms with van der Waals surface area (Å²) >= 11 is 0. The highest BCUT2D eigenvalue weighted by Gasteiger charge is 2.34. The maximum absolute atomic E-state index is 14.1. The smallest absolute Gasteiger partial charge is 0.244 e. The second kappa shape index (κ2) is 13.9. The van der Waals surface area contributed by atoms with Crippen molar-refractivity contribution in [2.45, 2.75) is 64.1 Å². The number of aryl methyl sites for hydroxylation is 1. The molecule has 0 aromatic heterocycles. The van der Waals surface area contributed by atoms with Crippen molar-refractivity contribution >= 4 is 27.5 Å². The molecule has 2 amide bonds. The number of sulfonamides is 1. The third-order valence-electron chi connectivity index (χ3n) is 7.53. The van der Waals surface area contributed by atoms with E-state index in [1.54, 1.807) is 0 Å². The van der Waals surface area contributed by atoms with Crippen LogP contribution in [-0.4, -0.2) is 50.0 Å². The van der Waals surface area contributed by atoms with Gasteiger partial charge in [-0.25, -0.2) is 17.2 Å². The molecule has 1 fully saturated rings. The van der Waals surface area contributed by atoms with Crippen molar-refractivity contribution in [3.63, 3.8) is 0 Å². The minimum absolute atomic E-state index is 0.00449. The Morgan fingerprint density at radius 2 is 1.60 bits per heavy atom. The Kier molecular flexibility index (Phi) is 10.3. The van der Waals surface area contributed by atoms with E-state index in [9.17, 15) is 26.8 Å². The van der Waals surface area contributed by atoms with Crippen LogP contribution in [0.4, 0.5) is 14.5 Å². The van der Waals surface area contributed by atoms with Crippen molar-refractivity contribution in [2.24, 2.45) is 0 Å². The van der Waals surface area contributed by atoms with Crippen molar-refractivity contribution in [3.05, 3.63) is 101 Å². The third-order valence-corrected chi connectivity index (χ3v) is 8.67. The second-order valence-electron chi connectivity index (χ2n) is 10.9. The first-order valence-electron chi connectivity index (χ1n) is 14.1. The molecule has 1 saturated carbocycles. The first-order chi connectivity index (χ1) is 20.0. The van der Waals surface area contributed by atoms with Crippen LogP contribution in [0.3, 0.4) is 0 Å². The van der Waals surface area contributed by atoms with Crippen LogP contribution < -0.4 is 9.62 Å². The average Bonchev–Trinajstić information content (AvgIpc) is 2.95. The lowest BCUT2D eigenvalue weighted by Crippen LogP contribution is -2.55. The monoisotopic (exact) mass is 597 g/mol. The summed E-state index contributed by atoms with van der Waals surface area (Å²) in [4.78, 5) is 29.4. The molecule has 1 atom stereocenters. The lowest BCUT2D eigenvalue weighted by atomic mass is 9.94. The summed E-state index contributed by atoms with van der Waals surface area (Å²) in [7, 11) is -4.09. The first-order valence-corrected chi connectivity index (χ1v) is 16.0. The normalized spacial score (nSPS) is 14.7. The molecule has 0 aliphatic heterocycles. The SMILES string of the molecule is Cc1cccc(CN(C(=O)CN(c2ccc(F)c(F)c2)S(C)(=O)=O)[C@@H](Cc2ccccc2)C(=O)NC2CCCCC2)c1. The van der Waals surface area contributed by atoms with E-state index >= 15 is 0 Å². The number of carbonyl (C=O) groups is 2. The fourth-order valence-electron chi connectivity index (χ4n) is 5.36. The molecule has 0 heterocycles. The van der Waals surface area contributed by atoms with Crippen LogP contribution in [0.15, 0.2) is 72.8 Å². The van der Waals surface area contributed by atoms with Crippen LogP contribution in [0.25, 0.3) is 0 Å². The molecule has 0 radical (unpaired) electrons. The molecule has 224 valence electrons. The molecule has 3 aromatic rings. The fraction of sp³-hybridized carbons (Fsp3) is 0.375. The molecule has 0 saturated heterocycles. The number of hydrogen-bond donors (Lipinski definition) is 1. The Balaban J connectivity index is 1.73. The van der Waals surface area contributed by atoms with E-state index in [1.807, 2.05) is 61.5 Å². The maximum Gasteiger partial charge on any atom is 0.244 e. The fourth-order valence-corrected chi connectivity index (χ4v) is 6.20. The van der Waals surface area contributed by atoms with Crippen molar-refractivity contribution < 1.29 is 26.8 Å². The Morgan fingerprint density at radius 1 is 0.905 bits per heavy atom. The predicted octanol–water partition coefficient (Wildman–Crippen LogP) is 5.13. The quantitative estimate of drug-likeness (QED) is 0.332. The second-order valence-corrected chi connectivity index (χ2v) is 12.8. The van der Waals surface area contributed by atoms with Crippen LogP contribution >= 0.6 is 0 Å². The van der Waals surface area contributed by atoms with Crippen LogP contribution in [0.1, 0.15) is 48.8 Å². The van der Waals surface area contributed by atoms with Crippen molar-refractivity contribution in [3.8, 4) is 0 Å². The molecule has 7 nitrogen and oxygen atoms in total. The lowest BCUT2D eigenvalue weighted by Gasteiger charge is -2.35. The molecular weight excluding hydrogens is 560 g/mol. The summed E-state index contributed by atoms with van der Waals surface area (Å²) in [6.07, 6.45) is 5.95. The molecule has 0 unspecified atom stereocenters. The van der Waals surface area contributed by atoms with Crippen molar-refractivity contribution in [1.29, 1.82) is 0 Å². The topological polar surface area (TPSA) is 86.8 Å². The Bertz CT molecular complexity index is 1490. The number of nitrogens with zero attached hydrogens (tertiary/aromatic N) is 2. The van der Waals surface area contributed by atoms with Crippen LogP contribution in [0, 0.1) is 18.6 Å². The number of anilines is 1. The summed E-state index contributed by atoms with van der Waals surface area (Å²) in [5, 5.41) is 3.14. The van der Waals surface area contributed by atoms with Gasteiger partial charge in [-0.2, -0.15) is 0 Å². The maximum atomic E-state index is 14.1. The summed E-state index contributed by atoms with van der Waals surface area (Å²) in [5.41, 5.74) is 2.38. The average molecular weight is 598 g/mol. The molecule has 4 rings (SSSR count). The molecule has 42 heavy (non-hydrogen) atoms. The van der Waals surface area contributed by atoms with E-state index in [1.165, 1.54) is 4.90 Å².